The predicted octanol–water partition coefficient (Wildman–Crippen LogP) is 2.66. The number of nitrogens with one attached hydrogen (secondary N) is 1. The van der Waals surface area contributed by atoms with Crippen molar-refractivity contribution in [2.75, 3.05) is 18.4 Å². The van der Waals surface area contributed by atoms with Gasteiger partial charge in [0, 0.05) is 30.6 Å². The van der Waals surface area contributed by atoms with Gasteiger partial charge < -0.3 is 10.2 Å². The number of anilines is 1. The van der Waals surface area contributed by atoms with Crippen molar-refractivity contribution in [3.05, 3.63) is 48.3 Å². The molecule has 1 saturated heterocycles. The number of nitrogens with zero attached hydrogens (tertiary/aromatic N) is 4. The Labute approximate surface area is 159 Å². The van der Waals surface area contributed by atoms with Gasteiger partial charge in [-0.15, -0.1) is 0 Å². The minimum absolute atomic E-state index is 0.0490. The van der Waals surface area contributed by atoms with Crippen LogP contribution < -0.4 is 5.32 Å². The molecule has 7 heteroatoms. The van der Waals surface area contributed by atoms with Gasteiger partial charge in [0.25, 0.3) is 5.91 Å². The lowest BCUT2D eigenvalue weighted by Gasteiger charge is -2.31. The SMILES string of the molecule is CC(C)(C)c1ncc(NC(=O)C2CCN(C(=O)c3ccccn3)CC2)cn1. The van der Waals surface area contributed by atoms with Gasteiger partial charge in [0.05, 0.1) is 18.1 Å². The lowest BCUT2D eigenvalue weighted by Crippen LogP contribution is -2.41. The molecular weight excluding hydrogens is 342 g/mol. The summed E-state index contributed by atoms with van der Waals surface area (Å²) < 4.78 is 0. The number of carbonyl (C=O) groups excluding carboxylic acids is 2. The van der Waals surface area contributed by atoms with E-state index in [-0.39, 0.29) is 23.1 Å². The number of pyridine rings is 1. The van der Waals surface area contributed by atoms with Crippen molar-refractivity contribution in [3.63, 3.8) is 0 Å². The van der Waals surface area contributed by atoms with Gasteiger partial charge >= 0.3 is 0 Å². The molecule has 1 N–H and O–H groups in total. The Hall–Kier alpha value is -2.83. The first-order valence-electron chi connectivity index (χ1n) is 9.18. The molecule has 1 aliphatic heterocycles. The number of rotatable bonds is 3. The van der Waals surface area contributed by atoms with Gasteiger partial charge in [-0.25, -0.2) is 9.97 Å². The first kappa shape index (κ1) is 18.9. The van der Waals surface area contributed by atoms with E-state index in [2.05, 4.69) is 20.3 Å². The summed E-state index contributed by atoms with van der Waals surface area (Å²) in [5.41, 5.74) is 0.909. The van der Waals surface area contributed by atoms with Gasteiger partial charge in [-0.1, -0.05) is 26.8 Å². The van der Waals surface area contributed by atoms with Crippen LogP contribution in [0.5, 0.6) is 0 Å². The molecule has 3 heterocycles. The first-order chi connectivity index (χ1) is 12.8. The third-order valence-electron chi connectivity index (χ3n) is 4.63. The molecule has 0 spiro atoms. The van der Waals surface area contributed by atoms with E-state index in [1.54, 1.807) is 41.7 Å². The summed E-state index contributed by atoms with van der Waals surface area (Å²) in [6.45, 7) is 7.22. The third-order valence-corrected chi connectivity index (χ3v) is 4.63. The van der Waals surface area contributed by atoms with Crippen molar-refractivity contribution in [2.24, 2.45) is 5.92 Å². The highest BCUT2D eigenvalue weighted by Crippen LogP contribution is 2.22. The molecule has 0 radical (unpaired) electrons. The highest BCUT2D eigenvalue weighted by Gasteiger charge is 2.28. The van der Waals surface area contributed by atoms with Crippen molar-refractivity contribution in [2.45, 2.75) is 39.0 Å². The molecular formula is C20H25N5O2. The van der Waals surface area contributed by atoms with E-state index in [0.717, 1.165) is 5.82 Å². The minimum Gasteiger partial charge on any atom is -0.337 e. The van der Waals surface area contributed by atoms with E-state index in [1.807, 2.05) is 20.8 Å². The highest BCUT2D eigenvalue weighted by molar-refractivity contribution is 5.94. The maximum absolute atomic E-state index is 12.5. The number of hydrogen-bond acceptors (Lipinski definition) is 5. The monoisotopic (exact) mass is 367 g/mol. The van der Waals surface area contributed by atoms with Gasteiger partial charge in [-0.05, 0) is 25.0 Å². The second-order valence-corrected chi connectivity index (χ2v) is 7.82. The topological polar surface area (TPSA) is 88.1 Å². The Morgan fingerprint density at radius 1 is 1.07 bits per heavy atom. The lowest BCUT2D eigenvalue weighted by atomic mass is 9.95. The van der Waals surface area contributed by atoms with Gasteiger partial charge in [-0.2, -0.15) is 0 Å². The van der Waals surface area contributed by atoms with Crippen LogP contribution in [0.1, 0.15) is 49.9 Å². The van der Waals surface area contributed by atoms with E-state index in [4.69, 9.17) is 0 Å². The minimum atomic E-state index is -0.129. The summed E-state index contributed by atoms with van der Waals surface area (Å²) in [5, 5.41) is 2.89. The Kier molecular flexibility index (Phi) is 5.48. The molecule has 2 amide bonds. The number of hydrogen-bond donors (Lipinski definition) is 1. The molecule has 2 aromatic heterocycles. The summed E-state index contributed by atoms with van der Waals surface area (Å²) in [7, 11) is 0. The number of aromatic nitrogens is 3. The van der Waals surface area contributed by atoms with Crippen LogP contribution >= 0.6 is 0 Å². The normalized spacial score (nSPS) is 15.4. The molecule has 0 aliphatic carbocycles. The molecule has 0 saturated carbocycles. The van der Waals surface area contributed by atoms with E-state index in [1.165, 1.54) is 0 Å². The van der Waals surface area contributed by atoms with Crippen LogP contribution in [-0.2, 0) is 10.2 Å². The summed E-state index contributed by atoms with van der Waals surface area (Å²) >= 11 is 0. The Bertz CT molecular complexity index is 791. The molecule has 3 rings (SSSR count). The maximum Gasteiger partial charge on any atom is 0.272 e. The Morgan fingerprint density at radius 2 is 1.74 bits per heavy atom. The quantitative estimate of drug-likeness (QED) is 0.901. The fourth-order valence-electron chi connectivity index (χ4n) is 3.02. The number of likely N-dealkylation sites (tertiary alicyclic amines) is 1. The average Bonchev–Trinajstić information content (AvgIpc) is 2.68. The molecule has 0 unspecified atom stereocenters. The number of piperidine rings is 1. The summed E-state index contributed by atoms with van der Waals surface area (Å²) in [4.78, 5) is 39.5. The zero-order chi connectivity index (χ0) is 19.4. The first-order valence-corrected chi connectivity index (χ1v) is 9.18. The highest BCUT2D eigenvalue weighted by atomic mass is 16.2. The molecule has 0 bridgehead atoms. The van der Waals surface area contributed by atoms with Gasteiger partial charge in [0.2, 0.25) is 5.91 Å². The van der Waals surface area contributed by atoms with Gasteiger partial charge in [0.1, 0.15) is 11.5 Å². The molecule has 0 aromatic carbocycles. The van der Waals surface area contributed by atoms with Crippen molar-refractivity contribution in [3.8, 4) is 0 Å². The molecule has 2 aromatic rings. The fourth-order valence-corrected chi connectivity index (χ4v) is 3.02. The second kappa shape index (κ2) is 7.82. The van der Waals surface area contributed by atoms with E-state index in [9.17, 15) is 9.59 Å². The summed E-state index contributed by atoms with van der Waals surface area (Å²) in [6, 6.07) is 5.29. The third kappa shape index (κ3) is 4.67. The van der Waals surface area contributed by atoms with Crippen molar-refractivity contribution in [1.29, 1.82) is 0 Å². The van der Waals surface area contributed by atoms with Crippen LogP contribution in [0.2, 0.25) is 0 Å². The van der Waals surface area contributed by atoms with Gasteiger partial charge in [-0.3, -0.25) is 14.6 Å². The second-order valence-electron chi connectivity index (χ2n) is 7.82. The largest absolute Gasteiger partial charge is 0.337 e. The zero-order valence-electron chi connectivity index (χ0n) is 16.0. The van der Waals surface area contributed by atoms with Crippen LogP contribution in [0.15, 0.2) is 36.8 Å². The number of carbonyl (C=O) groups is 2. The smallest absolute Gasteiger partial charge is 0.272 e. The van der Waals surface area contributed by atoms with Crippen molar-refractivity contribution < 1.29 is 9.59 Å². The van der Waals surface area contributed by atoms with Gasteiger partial charge in [0.15, 0.2) is 0 Å². The standard InChI is InChI=1S/C20H25N5O2/c1-20(2,3)19-22-12-15(13-23-19)24-17(26)14-7-10-25(11-8-14)18(27)16-6-4-5-9-21-16/h4-6,9,12-14H,7-8,10-11H2,1-3H3,(H,24,26). The summed E-state index contributed by atoms with van der Waals surface area (Å²) in [5.74, 6) is 0.481. The Morgan fingerprint density at radius 3 is 2.30 bits per heavy atom. The molecule has 1 aliphatic rings. The molecule has 0 atom stereocenters. The number of amides is 2. The van der Waals surface area contributed by atoms with Crippen molar-refractivity contribution >= 4 is 17.5 Å². The van der Waals surface area contributed by atoms with Crippen LogP contribution in [0.25, 0.3) is 0 Å². The molecule has 1 fully saturated rings. The fraction of sp³-hybridized carbons (Fsp3) is 0.450. The van der Waals surface area contributed by atoms with Crippen molar-refractivity contribution in [1.82, 2.24) is 19.9 Å². The predicted molar refractivity (Wildman–Crippen MR) is 102 cm³/mol. The lowest BCUT2D eigenvalue weighted by molar-refractivity contribution is -0.121. The molecule has 142 valence electrons. The van der Waals surface area contributed by atoms with Crippen LogP contribution in [0, 0.1) is 5.92 Å². The van der Waals surface area contributed by atoms with Crippen LogP contribution in [0.4, 0.5) is 5.69 Å². The van der Waals surface area contributed by atoms with Crippen LogP contribution in [0.3, 0.4) is 0 Å². The molecule has 7 nitrogen and oxygen atoms in total. The zero-order valence-corrected chi connectivity index (χ0v) is 16.0. The van der Waals surface area contributed by atoms with Crippen LogP contribution in [-0.4, -0.2) is 44.8 Å². The maximum atomic E-state index is 12.5. The average molecular weight is 367 g/mol. The van der Waals surface area contributed by atoms with E-state index in [0.29, 0.717) is 37.3 Å². The van der Waals surface area contributed by atoms with E-state index < -0.39 is 0 Å². The Balaban J connectivity index is 1.53. The summed E-state index contributed by atoms with van der Waals surface area (Å²) in [6.07, 6.45) is 6.16. The van der Waals surface area contributed by atoms with E-state index >= 15 is 0 Å². The molecule has 27 heavy (non-hydrogen) atoms.